The first-order chi connectivity index (χ1) is 10.2. The normalized spacial score (nSPS) is 10.2. The Morgan fingerprint density at radius 1 is 1.14 bits per heavy atom. The second-order valence-electron chi connectivity index (χ2n) is 4.24. The number of hydroxylamine groups is 1. The van der Waals surface area contributed by atoms with Crippen LogP contribution in [0, 0.1) is 0 Å². The molecule has 0 radical (unpaired) electrons. The van der Waals surface area contributed by atoms with Crippen molar-refractivity contribution in [3.63, 3.8) is 0 Å². The molecule has 0 atom stereocenters. The lowest BCUT2D eigenvalue weighted by molar-refractivity contribution is 0.0361. The van der Waals surface area contributed by atoms with Crippen LogP contribution in [0.1, 0.15) is 22.8 Å². The molecule has 0 fully saturated rings. The van der Waals surface area contributed by atoms with Crippen LogP contribution in [-0.2, 0) is 11.4 Å². The Morgan fingerprint density at radius 2 is 1.86 bits per heavy atom. The number of para-hydroxylation sites is 1. The highest BCUT2D eigenvalue weighted by molar-refractivity contribution is 6.31. The number of benzene rings is 2. The van der Waals surface area contributed by atoms with Gasteiger partial charge in [-0.25, -0.2) is 5.48 Å². The fourth-order valence-corrected chi connectivity index (χ4v) is 1.93. The summed E-state index contributed by atoms with van der Waals surface area (Å²) in [5.41, 5.74) is 3.63. The van der Waals surface area contributed by atoms with E-state index >= 15 is 0 Å². The smallest absolute Gasteiger partial charge is 0.278 e. The van der Waals surface area contributed by atoms with Crippen molar-refractivity contribution in [2.75, 3.05) is 6.61 Å². The standard InChI is InChI=1S/C16H16ClNO3/c1-2-21-18-16(19)13-8-4-6-10-15(13)20-11-12-7-3-5-9-14(12)17/h3-10H,2,11H2,1H3,(H,18,19). The summed E-state index contributed by atoms with van der Waals surface area (Å²) in [5, 5.41) is 0.633. The van der Waals surface area contributed by atoms with E-state index in [4.69, 9.17) is 21.2 Å². The molecule has 1 N–H and O–H groups in total. The predicted octanol–water partition coefficient (Wildman–Crippen LogP) is 3.60. The van der Waals surface area contributed by atoms with E-state index in [0.717, 1.165) is 5.56 Å². The molecule has 0 unspecified atom stereocenters. The van der Waals surface area contributed by atoms with Crippen molar-refractivity contribution in [1.82, 2.24) is 5.48 Å². The molecule has 0 aliphatic rings. The van der Waals surface area contributed by atoms with Crippen LogP contribution >= 0.6 is 11.6 Å². The van der Waals surface area contributed by atoms with Crippen molar-refractivity contribution in [1.29, 1.82) is 0 Å². The van der Waals surface area contributed by atoms with Crippen LogP contribution in [0.4, 0.5) is 0 Å². The zero-order chi connectivity index (χ0) is 15.1. The molecule has 0 aromatic heterocycles. The lowest BCUT2D eigenvalue weighted by Gasteiger charge is -2.12. The highest BCUT2D eigenvalue weighted by Gasteiger charge is 2.12. The predicted molar refractivity (Wildman–Crippen MR) is 81.3 cm³/mol. The first kappa shape index (κ1) is 15.4. The molecule has 21 heavy (non-hydrogen) atoms. The Kier molecular flexibility index (Phi) is 5.60. The second-order valence-corrected chi connectivity index (χ2v) is 4.65. The van der Waals surface area contributed by atoms with E-state index in [2.05, 4.69) is 5.48 Å². The van der Waals surface area contributed by atoms with E-state index in [9.17, 15) is 4.79 Å². The molecule has 110 valence electrons. The average Bonchev–Trinajstić information content (AvgIpc) is 2.52. The summed E-state index contributed by atoms with van der Waals surface area (Å²) >= 11 is 6.08. The maximum absolute atomic E-state index is 12.0. The number of hydrogen-bond acceptors (Lipinski definition) is 3. The van der Waals surface area contributed by atoms with Gasteiger partial charge in [-0.3, -0.25) is 9.63 Å². The van der Waals surface area contributed by atoms with Crippen molar-refractivity contribution in [2.24, 2.45) is 0 Å². The van der Waals surface area contributed by atoms with Crippen LogP contribution in [0.2, 0.25) is 5.02 Å². The highest BCUT2D eigenvalue weighted by atomic mass is 35.5. The lowest BCUT2D eigenvalue weighted by atomic mass is 10.2. The van der Waals surface area contributed by atoms with E-state index in [0.29, 0.717) is 29.5 Å². The summed E-state index contributed by atoms with van der Waals surface area (Å²) in [6.45, 7) is 2.48. The zero-order valence-electron chi connectivity index (χ0n) is 11.6. The minimum absolute atomic E-state index is 0.290. The van der Waals surface area contributed by atoms with Crippen LogP contribution in [0.5, 0.6) is 5.75 Å². The van der Waals surface area contributed by atoms with Crippen molar-refractivity contribution in [2.45, 2.75) is 13.5 Å². The Labute approximate surface area is 128 Å². The summed E-state index contributed by atoms with van der Waals surface area (Å²) < 4.78 is 5.70. The number of hydrogen-bond donors (Lipinski definition) is 1. The molecule has 2 aromatic carbocycles. The summed E-state index contributed by atoms with van der Waals surface area (Å²) in [7, 11) is 0. The van der Waals surface area contributed by atoms with Crippen LogP contribution in [-0.4, -0.2) is 12.5 Å². The van der Waals surface area contributed by atoms with Gasteiger partial charge in [-0.05, 0) is 25.1 Å². The summed E-state index contributed by atoms with van der Waals surface area (Å²) in [4.78, 5) is 16.9. The Morgan fingerprint density at radius 3 is 2.62 bits per heavy atom. The lowest BCUT2D eigenvalue weighted by Crippen LogP contribution is -2.24. The van der Waals surface area contributed by atoms with E-state index in [1.165, 1.54) is 0 Å². The van der Waals surface area contributed by atoms with Crippen molar-refractivity contribution < 1.29 is 14.4 Å². The fraction of sp³-hybridized carbons (Fsp3) is 0.188. The highest BCUT2D eigenvalue weighted by Crippen LogP contribution is 2.21. The first-order valence-electron chi connectivity index (χ1n) is 6.59. The van der Waals surface area contributed by atoms with Crippen LogP contribution in [0.15, 0.2) is 48.5 Å². The minimum atomic E-state index is -0.341. The minimum Gasteiger partial charge on any atom is -0.488 e. The number of ether oxygens (including phenoxy) is 1. The summed E-state index contributed by atoms with van der Waals surface area (Å²) in [5.74, 6) is 0.140. The molecule has 1 amide bonds. The number of rotatable bonds is 6. The van der Waals surface area contributed by atoms with Gasteiger partial charge in [-0.15, -0.1) is 0 Å². The first-order valence-corrected chi connectivity index (χ1v) is 6.97. The third-order valence-corrected chi connectivity index (χ3v) is 3.15. The largest absolute Gasteiger partial charge is 0.488 e. The molecular weight excluding hydrogens is 290 g/mol. The molecule has 0 saturated carbocycles. The molecular formula is C16H16ClNO3. The average molecular weight is 306 g/mol. The van der Waals surface area contributed by atoms with Gasteiger partial charge in [0.25, 0.3) is 5.91 Å². The number of halogens is 1. The maximum Gasteiger partial charge on any atom is 0.278 e. The molecule has 5 heteroatoms. The monoisotopic (exact) mass is 305 g/mol. The molecule has 0 aliphatic carbocycles. The molecule has 4 nitrogen and oxygen atoms in total. The van der Waals surface area contributed by atoms with E-state index < -0.39 is 0 Å². The van der Waals surface area contributed by atoms with Gasteiger partial charge in [0.1, 0.15) is 12.4 Å². The topological polar surface area (TPSA) is 47.6 Å². The van der Waals surface area contributed by atoms with Crippen LogP contribution in [0.25, 0.3) is 0 Å². The Hall–Kier alpha value is -2.04. The van der Waals surface area contributed by atoms with Gasteiger partial charge in [-0.2, -0.15) is 0 Å². The van der Waals surface area contributed by atoms with E-state index in [-0.39, 0.29) is 5.91 Å². The number of nitrogens with one attached hydrogen (secondary N) is 1. The summed E-state index contributed by atoms with van der Waals surface area (Å²) in [6.07, 6.45) is 0. The van der Waals surface area contributed by atoms with E-state index in [1.54, 1.807) is 37.3 Å². The van der Waals surface area contributed by atoms with Crippen LogP contribution < -0.4 is 10.2 Å². The molecule has 0 bridgehead atoms. The molecule has 0 saturated heterocycles. The summed E-state index contributed by atoms with van der Waals surface area (Å²) in [6, 6.07) is 14.4. The third kappa shape index (κ3) is 4.21. The zero-order valence-corrected chi connectivity index (χ0v) is 12.4. The molecule has 0 heterocycles. The third-order valence-electron chi connectivity index (χ3n) is 2.78. The molecule has 2 aromatic rings. The van der Waals surface area contributed by atoms with Gasteiger partial charge in [0.2, 0.25) is 0 Å². The van der Waals surface area contributed by atoms with Gasteiger partial charge in [-0.1, -0.05) is 41.9 Å². The molecule has 2 rings (SSSR count). The van der Waals surface area contributed by atoms with Gasteiger partial charge in [0.05, 0.1) is 12.2 Å². The molecule has 0 spiro atoms. The molecule has 0 aliphatic heterocycles. The van der Waals surface area contributed by atoms with Gasteiger partial charge in [0, 0.05) is 10.6 Å². The SMILES string of the molecule is CCONC(=O)c1ccccc1OCc1ccccc1Cl. The van der Waals surface area contributed by atoms with Crippen LogP contribution in [0.3, 0.4) is 0 Å². The quantitative estimate of drug-likeness (QED) is 0.830. The van der Waals surface area contributed by atoms with Crippen molar-refractivity contribution in [3.05, 3.63) is 64.7 Å². The number of carbonyl (C=O) groups is 1. The Bertz CT molecular complexity index is 616. The Balaban J connectivity index is 2.10. The van der Waals surface area contributed by atoms with Crippen molar-refractivity contribution >= 4 is 17.5 Å². The number of amides is 1. The maximum atomic E-state index is 12.0. The second kappa shape index (κ2) is 7.67. The van der Waals surface area contributed by atoms with Crippen molar-refractivity contribution in [3.8, 4) is 5.75 Å². The fourth-order valence-electron chi connectivity index (χ4n) is 1.74. The van der Waals surface area contributed by atoms with Gasteiger partial charge in [0.15, 0.2) is 0 Å². The van der Waals surface area contributed by atoms with Gasteiger partial charge >= 0.3 is 0 Å². The number of carbonyl (C=O) groups excluding carboxylic acids is 1. The van der Waals surface area contributed by atoms with Gasteiger partial charge < -0.3 is 4.74 Å². The van der Waals surface area contributed by atoms with E-state index in [1.807, 2.05) is 18.2 Å².